The van der Waals surface area contributed by atoms with Gasteiger partial charge in [-0.15, -0.1) is 11.3 Å². The van der Waals surface area contributed by atoms with Gasteiger partial charge in [0.2, 0.25) is 5.91 Å². The molecule has 0 saturated heterocycles. The molecule has 4 heteroatoms. The van der Waals surface area contributed by atoms with Crippen molar-refractivity contribution in [2.24, 2.45) is 0 Å². The molecule has 0 fully saturated rings. The molecule has 16 heavy (non-hydrogen) atoms. The highest BCUT2D eigenvalue weighted by Crippen LogP contribution is 2.22. The number of hydrogen-bond acceptors (Lipinski definition) is 3. The van der Waals surface area contributed by atoms with Gasteiger partial charge in [0.15, 0.2) is 0 Å². The van der Waals surface area contributed by atoms with E-state index in [1.807, 2.05) is 27.1 Å². The molecule has 0 unspecified atom stereocenters. The molecule has 1 amide bonds. The second kappa shape index (κ2) is 6.66. The predicted molar refractivity (Wildman–Crippen MR) is 68.7 cm³/mol. The van der Waals surface area contributed by atoms with Crippen molar-refractivity contribution in [3.05, 3.63) is 22.4 Å². The summed E-state index contributed by atoms with van der Waals surface area (Å²) in [7, 11) is 4.08. The average molecular weight is 240 g/mol. The Morgan fingerprint density at radius 1 is 1.56 bits per heavy atom. The number of amides is 1. The van der Waals surface area contributed by atoms with Crippen LogP contribution in [-0.4, -0.2) is 31.4 Å². The Labute approximate surface area is 101 Å². The SMILES string of the molecule is CCCC(=O)NC[C@@H](c1cccs1)N(C)C. The maximum Gasteiger partial charge on any atom is 0.220 e. The van der Waals surface area contributed by atoms with E-state index in [9.17, 15) is 4.79 Å². The molecule has 1 rings (SSSR count). The molecule has 1 aromatic rings. The van der Waals surface area contributed by atoms with Crippen molar-refractivity contribution >= 4 is 17.2 Å². The van der Waals surface area contributed by atoms with Crippen molar-refractivity contribution in [2.45, 2.75) is 25.8 Å². The summed E-state index contributed by atoms with van der Waals surface area (Å²) in [4.78, 5) is 14.8. The molecule has 0 aromatic carbocycles. The summed E-state index contributed by atoms with van der Waals surface area (Å²) in [6.07, 6.45) is 1.52. The van der Waals surface area contributed by atoms with Gasteiger partial charge in [-0.05, 0) is 32.0 Å². The predicted octanol–water partition coefficient (Wildman–Crippen LogP) is 2.27. The Morgan fingerprint density at radius 3 is 2.81 bits per heavy atom. The van der Waals surface area contributed by atoms with E-state index in [0.717, 1.165) is 6.42 Å². The van der Waals surface area contributed by atoms with Crippen molar-refractivity contribution in [2.75, 3.05) is 20.6 Å². The second-order valence-corrected chi connectivity index (χ2v) is 5.03. The second-order valence-electron chi connectivity index (χ2n) is 4.05. The summed E-state index contributed by atoms with van der Waals surface area (Å²) >= 11 is 1.73. The smallest absolute Gasteiger partial charge is 0.220 e. The highest BCUT2D eigenvalue weighted by Gasteiger charge is 2.15. The molecule has 0 spiro atoms. The highest BCUT2D eigenvalue weighted by molar-refractivity contribution is 7.10. The van der Waals surface area contributed by atoms with Crippen LogP contribution in [0.15, 0.2) is 17.5 Å². The maximum atomic E-state index is 11.4. The zero-order valence-corrected chi connectivity index (χ0v) is 11.0. The summed E-state index contributed by atoms with van der Waals surface area (Å²) in [5.41, 5.74) is 0. The first-order chi connectivity index (χ1) is 7.65. The van der Waals surface area contributed by atoms with Crippen LogP contribution in [0, 0.1) is 0 Å². The first-order valence-electron chi connectivity index (χ1n) is 5.61. The minimum absolute atomic E-state index is 0.144. The normalized spacial score (nSPS) is 12.8. The molecule has 1 atom stereocenters. The third kappa shape index (κ3) is 3.94. The van der Waals surface area contributed by atoms with E-state index in [0.29, 0.717) is 13.0 Å². The molecule has 0 aliphatic rings. The first kappa shape index (κ1) is 13.2. The minimum Gasteiger partial charge on any atom is -0.354 e. The number of rotatable bonds is 6. The Balaban J connectivity index is 2.50. The molecule has 0 radical (unpaired) electrons. The number of nitrogens with one attached hydrogen (secondary N) is 1. The van der Waals surface area contributed by atoms with E-state index in [1.165, 1.54) is 4.88 Å². The van der Waals surface area contributed by atoms with E-state index in [1.54, 1.807) is 11.3 Å². The Hall–Kier alpha value is -0.870. The van der Waals surface area contributed by atoms with Crippen LogP contribution in [0.2, 0.25) is 0 Å². The summed E-state index contributed by atoms with van der Waals surface area (Å²) < 4.78 is 0. The summed E-state index contributed by atoms with van der Waals surface area (Å²) in [6, 6.07) is 4.44. The molecule has 1 heterocycles. The molecule has 0 aliphatic heterocycles. The van der Waals surface area contributed by atoms with Crippen LogP contribution in [0.25, 0.3) is 0 Å². The largest absolute Gasteiger partial charge is 0.354 e. The molecule has 90 valence electrons. The number of likely N-dealkylation sites (N-methyl/N-ethyl adjacent to an activating group) is 1. The Kier molecular flexibility index (Phi) is 5.49. The number of carbonyl (C=O) groups is 1. The molecule has 1 aromatic heterocycles. The summed E-state index contributed by atoms with van der Waals surface area (Å²) in [6.45, 7) is 2.70. The van der Waals surface area contributed by atoms with Gasteiger partial charge in [-0.3, -0.25) is 4.79 Å². The van der Waals surface area contributed by atoms with Crippen molar-refractivity contribution in [3.8, 4) is 0 Å². The quantitative estimate of drug-likeness (QED) is 0.827. The number of carbonyl (C=O) groups excluding carboxylic acids is 1. The van der Waals surface area contributed by atoms with Gasteiger partial charge in [-0.1, -0.05) is 13.0 Å². The Morgan fingerprint density at radius 2 is 2.31 bits per heavy atom. The van der Waals surface area contributed by atoms with Crippen LogP contribution in [0.3, 0.4) is 0 Å². The topological polar surface area (TPSA) is 32.3 Å². The van der Waals surface area contributed by atoms with Gasteiger partial charge in [0.05, 0.1) is 6.04 Å². The standard InChI is InChI=1S/C12H20N2OS/c1-4-6-12(15)13-9-10(14(2)3)11-7-5-8-16-11/h5,7-8,10H,4,6,9H2,1-3H3,(H,13,15)/t10-/m0/s1. The fourth-order valence-electron chi connectivity index (χ4n) is 1.54. The zero-order valence-electron chi connectivity index (χ0n) is 10.2. The van der Waals surface area contributed by atoms with Crippen molar-refractivity contribution in [1.29, 1.82) is 0 Å². The molecule has 3 nitrogen and oxygen atoms in total. The van der Waals surface area contributed by atoms with Crippen molar-refractivity contribution < 1.29 is 4.79 Å². The van der Waals surface area contributed by atoms with Gasteiger partial charge in [0.1, 0.15) is 0 Å². The lowest BCUT2D eigenvalue weighted by molar-refractivity contribution is -0.121. The van der Waals surface area contributed by atoms with E-state index < -0.39 is 0 Å². The van der Waals surface area contributed by atoms with Gasteiger partial charge in [-0.25, -0.2) is 0 Å². The van der Waals surface area contributed by atoms with Gasteiger partial charge < -0.3 is 10.2 Å². The number of hydrogen-bond donors (Lipinski definition) is 1. The van der Waals surface area contributed by atoms with E-state index in [-0.39, 0.29) is 11.9 Å². The van der Waals surface area contributed by atoms with Crippen LogP contribution in [0.4, 0.5) is 0 Å². The molecule has 1 N–H and O–H groups in total. The van der Waals surface area contributed by atoms with E-state index >= 15 is 0 Å². The fourth-order valence-corrected chi connectivity index (χ4v) is 2.47. The fraction of sp³-hybridized carbons (Fsp3) is 0.583. The van der Waals surface area contributed by atoms with Crippen LogP contribution < -0.4 is 5.32 Å². The van der Waals surface area contributed by atoms with Gasteiger partial charge >= 0.3 is 0 Å². The molecular formula is C12H20N2OS. The molecule has 0 saturated carbocycles. The number of nitrogens with zero attached hydrogens (tertiary/aromatic N) is 1. The van der Waals surface area contributed by atoms with Crippen LogP contribution in [0.5, 0.6) is 0 Å². The summed E-state index contributed by atoms with van der Waals surface area (Å²) in [5, 5.41) is 5.05. The van der Waals surface area contributed by atoms with E-state index in [2.05, 4.69) is 21.7 Å². The van der Waals surface area contributed by atoms with Crippen LogP contribution >= 0.6 is 11.3 Å². The molecule has 0 aliphatic carbocycles. The molecular weight excluding hydrogens is 220 g/mol. The highest BCUT2D eigenvalue weighted by atomic mass is 32.1. The zero-order chi connectivity index (χ0) is 12.0. The lowest BCUT2D eigenvalue weighted by Crippen LogP contribution is -2.33. The minimum atomic E-state index is 0.144. The first-order valence-corrected chi connectivity index (χ1v) is 6.49. The van der Waals surface area contributed by atoms with Crippen molar-refractivity contribution in [1.82, 2.24) is 10.2 Å². The molecule has 0 bridgehead atoms. The van der Waals surface area contributed by atoms with Gasteiger partial charge in [0.25, 0.3) is 0 Å². The maximum absolute atomic E-state index is 11.4. The lowest BCUT2D eigenvalue weighted by Gasteiger charge is -2.23. The summed E-state index contributed by atoms with van der Waals surface area (Å²) in [5.74, 6) is 0.144. The van der Waals surface area contributed by atoms with Crippen LogP contribution in [-0.2, 0) is 4.79 Å². The van der Waals surface area contributed by atoms with Crippen LogP contribution in [0.1, 0.15) is 30.7 Å². The third-order valence-corrected chi connectivity index (χ3v) is 3.44. The van der Waals surface area contributed by atoms with Gasteiger partial charge in [0, 0.05) is 17.8 Å². The average Bonchev–Trinajstić information content (AvgIpc) is 2.71. The van der Waals surface area contributed by atoms with Gasteiger partial charge in [-0.2, -0.15) is 0 Å². The number of thiophene rings is 1. The lowest BCUT2D eigenvalue weighted by atomic mass is 10.2. The van der Waals surface area contributed by atoms with Crippen molar-refractivity contribution in [3.63, 3.8) is 0 Å². The van der Waals surface area contributed by atoms with E-state index in [4.69, 9.17) is 0 Å². The monoisotopic (exact) mass is 240 g/mol. The third-order valence-electron chi connectivity index (χ3n) is 2.46. The Bertz CT molecular complexity index is 309.